The molecule has 0 heterocycles. The Bertz CT molecular complexity index is 377. The van der Waals surface area contributed by atoms with Crippen LogP contribution in [0.2, 0.25) is 0 Å². The molecule has 5 nitrogen and oxygen atoms in total. The molecule has 0 bridgehead atoms. The molecule has 0 spiro atoms. The van der Waals surface area contributed by atoms with Crippen LogP contribution in [0.3, 0.4) is 0 Å². The second-order valence-electron chi connectivity index (χ2n) is 6.65. The van der Waals surface area contributed by atoms with Gasteiger partial charge in [-0.2, -0.15) is 0 Å². The summed E-state index contributed by atoms with van der Waals surface area (Å²) >= 11 is 0. The van der Waals surface area contributed by atoms with E-state index in [1.54, 1.807) is 6.92 Å². The lowest BCUT2D eigenvalue weighted by Crippen LogP contribution is -2.39. The summed E-state index contributed by atoms with van der Waals surface area (Å²) in [6, 6.07) is 0. The molecular formula is C16H31NO4P+. The molecular weight excluding hydrogens is 301 g/mol. The van der Waals surface area contributed by atoms with Crippen molar-refractivity contribution in [2.75, 3.05) is 40.5 Å². The number of rotatable bonds is 12. The smallest absolute Gasteiger partial charge is 0.333 e. The summed E-state index contributed by atoms with van der Waals surface area (Å²) in [6.45, 7) is 5.97. The van der Waals surface area contributed by atoms with Gasteiger partial charge in [-0.15, -0.1) is 0 Å². The third-order valence-corrected chi connectivity index (χ3v) is 4.45. The Morgan fingerprint density at radius 2 is 1.64 bits per heavy atom. The first-order valence-electron chi connectivity index (χ1n) is 7.76. The van der Waals surface area contributed by atoms with Crippen molar-refractivity contribution in [3.8, 4) is 0 Å². The zero-order valence-corrected chi connectivity index (χ0v) is 15.3. The Morgan fingerprint density at radius 3 is 2.18 bits per heavy atom. The highest BCUT2D eigenvalue weighted by Gasteiger charge is 2.21. The maximum atomic E-state index is 11.8. The second-order valence-corrected chi connectivity index (χ2v) is 8.39. The fourth-order valence-corrected chi connectivity index (χ4v) is 3.15. The maximum Gasteiger partial charge on any atom is 0.333 e. The SMILES string of the molecule is C=C(C)C(=O)OCCCCCCCP(O)C(=O)C[N+](C)(C)C. The van der Waals surface area contributed by atoms with Gasteiger partial charge in [-0.1, -0.05) is 25.8 Å². The number of hydrogen-bond acceptors (Lipinski definition) is 4. The Balaban J connectivity index is 3.55. The number of esters is 1. The summed E-state index contributed by atoms with van der Waals surface area (Å²) < 4.78 is 5.56. The number of ether oxygens (including phenoxy) is 1. The normalized spacial score (nSPS) is 12.8. The van der Waals surface area contributed by atoms with E-state index in [1.165, 1.54) is 0 Å². The molecule has 1 unspecified atom stereocenters. The van der Waals surface area contributed by atoms with E-state index in [1.807, 2.05) is 21.1 Å². The average Bonchev–Trinajstić information content (AvgIpc) is 2.38. The fraction of sp³-hybridized carbons (Fsp3) is 0.750. The van der Waals surface area contributed by atoms with Crippen molar-refractivity contribution < 1.29 is 23.7 Å². The number of quaternary nitrogens is 1. The van der Waals surface area contributed by atoms with Gasteiger partial charge < -0.3 is 14.1 Å². The highest BCUT2D eigenvalue weighted by Crippen LogP contribution is 2.33. The van der Waals surface area contributed by atoms with Crippen LogP contribution in [0, 0.1) is 0 Å². The van der Waals surface area contributed by atoms with Crippen molar-refractivity contribution >= 4 is 19.6 Å². The molecule has 22 heavy (non-hydrogen) atoms. The van der Waals surface area contributed by atoms with Gasteiger partial charge in [0.15, 0.2) is 0 Å². The monoisotopic (exact) mass is 332 g/mol. The Labute approximate surface area is 135 Å². The third kappa shape index (κ3) is 11.8. The maximum absolute atomic E-state index is 11.8. The van der Waals surface area contributed by atoms with Gasteiger partial charge in [0.2, 0.25) is 5.52 Å². The zero-order chi connectivity index (χ0) is 17.2. The van der Waals surface area contributed by atoms with E-state index in [4.69, 9.17) is 4.74 Å². The van der Waals surface area contributed by atoms with Crippen LogP contribution < -0.4 is 0 Å². The summed E-state index contributed by atoms with van der Waals surface area (Å²) in [4.78, 5) is 32.8. The first kappa shape index (κ1) is 21.2. The van der Waals surface area contributed by atoms with Crippen molar-refractivity contribution in [1.82, 2.24) is 0 Å². The topological polar surface area (TPSA) is 63.6 Å². The van der Waals surface area contributed by atoms with Crippen LogP contribution in [-0.2, 0) is 14.3 Å². The second kappa shape index (κ2) is 10.9. The lowest BCUT2D eigenvalue weighted by atomic mass is 10.2. The predicted molar refractivity (Wildman–Crippen MR) is 90.8 cm³/mol. The summed E-state index contributed by atoms with van der Waals surface area (Å²) in [5, 5.41) is 0. The molecule has 0 aromatic carbocycles. The molecule has 0 rings (SSSR count). The van der Waals surface area contributed by atoms with E-state index in [2.05, 4.69) is 6.58 Å². The first-order chi connectivity index (χ1) is 10.1. The van der Waals surface area contributed by atoms with Crippen LogP contribution in [0.4, 0.5) is 0 Å². The third-order valence-electron chi connectivity index (χ3n) is 2.99. The van der Waals surface area contributed by atoms with E-state index in [9.17, 15) is 14.5 Å². The van der Waals surface area contributed by atoms with Gasteiger partial charge in [-0.25, -0.2) is 4.79 Å². The molecule has 0 fully saturated rings. The average molecular weight is 332 g/mol. The van der Waals surface area contributed by atoms with Crippen molar-refractivity contribution in [1.29, 1.82) is 0 Å². The summed E-state index contributed by atoms with van der Waals surface area (Å²) in [5.74, 6) is -0.332. The highest BCUT2D eigenvalue weighted by molar-refractivity contribution is 7.69. The molecule has 6 heteroatoms. The molecule has 128 valence electrons. The Hall–Kier alpha value is -0.770. The van der Waals surface area contributed by atoms with Crippen LogP contribution in [0.5, 0.6) is 0 Å². The van der Waals surface area contributed by atoms with E-state index >= 15 is 0 Å². The number of carbonyl (C=O) groups excluding carboxylic acids is 2. The lowest BCUT2D eigenvalue weighted by molar-refractivity contribution is -0.861. The number of carbonyl (C=O) groups is 2. The van der Waals surface area contributed by atoms with Crippen LogP contribution in [0.15, 0.2) is 12.2 Å². The Kier molecular flexibility index (Phi) is 10.5. The summed E-state index contributed by atoms with van der Waals surface area (Å²) in [6.07, 6.45) is 5.31. The van der Waals surface area contributed by atoms with E-state index in [0.29, 0.717) is 29.4 Å². The van der Waals surface area contributed by atoms with E-state index < -0.39 is 8.15 Å². The van der Waals surface area contributed by atoms with Gasteiger partial charge >= 0.3 is 5.97 Å². The molecule has 0 aliphatic rings. The van der Waals surface area contributed by atoms with Crippen molar-refractivity contribution in [2.45, 2.75) is 39.0 Å². The van der Waals surface area contributed by atoms with Gasteiger partial charge in [0, 0.05) is 5.57 Å². The van der Waals surface area contributed by atoms with Crippen molar-refractivity contribution in [3.05, 3.63) is 12.2 Å². The van der Waals surface area contributed by atoms with Crippen molar-refractivity contribution in [2.24, 2.45) is 0 Å². The number of nitrogens with zero attached hydrogens (tertiary/aromatic N) is 1. The fourth-order valence-electron chi connectivity index (χ4n) is 1.79. The molecule has 1 N–H and O–H groups in total. The number of unbranched alkanes of at least 4 members (excludes halogenated alkanes) is 4. The van der Waals surface area contributed by atoms with Gasteiger partial charge in [0.1, 0.15) is 14.7 Å². The summed E-state index contributed by atoms with van der Waals surface area (Å²) in [5.41, 5.74) is 0.407. The van der Waals surface area contributed by atoms with Gasteiger partial charge in [-0.3, -0.25) is 4.79 Å². The van der Waals surface area contributed by atoms with E-state index in [-0.39, 0.29) is 11.5 Å². The first-order valence-corrected chi connectivity index (χ1v) is 9.24. The standard InChI is InChI=1S/C16H31NO4P/c1-14(2)16(19)21-11-9-7-6-8-10-12-22(20)15(18)13-17(3,4)5/h20H,1,6-13H2,2-5H3/q+1. The van der Waals surface area contributed by atoms with Crippen molar-refractivity contribution in [3.63, 3.8) is 0 Å². The molecule has 0 saturated heterocycles. The molecule has 0 aliphatic heterocycles. The zero-order valence-electron chi connectivity index (χ0n) is 14.4. The van der Waals surface area contributed by atoms with Gasteiger partial charge in [-0.05, 0) is 25.9 Å². The number of likely N-dealkylation sites (N-methyl/N-ethyl adjacent to an activating group) is 1. The van der Waals surface area contributed by atoms with Crippen LogP contribution >= 0.6 is 8.15 Å². The minimum absolute atomic E-state index is 0.0193. The van der Waals surface area contributed by atoms with Crippen LogP contribution in [0.25, 0.3) is 0 Å². The van der Waals surface area contributed by atoms with Gasteiger partial charge in [0.05, 0.1) is 27.7 Å². The molecule has 0 saturated carbocycles. The lowest BCUT2D eigenvalue weighted by Gasteiger charge is -2.23. The van der Waals surface area contributed by atoms with Crippen LogP contribution in [-0.4, -0.2) is 61.3 Å². The quantitative estimate of drug-likeness (QED) is 0.196. The molecule has 0 aliphatic carbocycles. The van der Waals surface area contributed by atoms with Crippen LogP contribution in [0.1, 0.15) is 39.0 Å². The summed E-state index contributed by atoms with van der Waals surface area (Å²) in [7, 11) is 4.36. The highest BCUT2D eigenvalue weighted by atomic mass is 31.1. The molecule has 1 atom stereocenters. The molecule has 0 aromatic rings. The van der Waals surface area contributed by atoms with E-state index in [0.717, 1.165) is 32.1 Å². The molecule has 0 radical (unpaired) electrons. The Morgan fingerprint density at radius 1 is 1.09 bits per heavy atom. The molecule has 0 aromatic heterocycles. The minimum atomic E-state index is -1.48. The largest absolute Gasteiger partial charge is 0.462 e. The predicted octanol–water partition coefficient (Wildman–Crippen LogP) is 2.68. The molecule has 0 amide bonds. The number of hydrogen-bond donors (Lipinski definition) is 1. The minimum Gasteiger partial charge on any atom is -0.462 e. The van der Waals surface area contributed by atoms with Gasteiger partial charge in [0.25, 0.3) is 0 Å².